The first-order valence-corrected chi connectivity index (χ1v) is 5.58. The van der Waals surface area contributed by atoms with Crippen LogP contribution < -0.4 is 5.32 Å². The lowest BCUT2D eigenvalue weighted by Gasteiger charge is -2.17. The number of pyridine rings is 1. The number of carbonyl (C=O) groups excluding carboxylic acids is 2. The van der Waals surface area contributed by atoms with Gasteiger partial charge in [-0.2, -0.15) is 0 Å². The molecule has 6 heteroatoms. The van der Waals surface area contributed by atoms with Gasteiger partial charge in [-0.05, 0) is 19.1 Å². The summed E-state index contributed by atoms with van der Waals surface area (Å²) in [7, 11) is 0. The molecule has 1 aromatic heterocycles. The summed E-state index contributed by atoms with van der Waals surface area (Å²) >= 11 is 5.69. The molecule has 0 aliphatic rings. The van der Waals surface area contributed by atoms with Gasteiger partial charge in [-0.1, -0.05) is 11.6 Å². The largest absolute Gasteiger partial charge is 0.332 e. The van der Waals surface area contributed by atoms with E-state index in [-0.39, 0.29) is 12.5 Å². The fourth-order valence-corrected chi connectivity index (χ4v) is 1.39. The van der Waals surface area contributed by atoms with Crippen LogP contribution in [0.25, 0.3) is 0 Å². The molecule has 1 aromatic rings. The van der Waals surface area contributed by atoms with Gasteiger partial charge in [0.15, 0.2) is 0 Å². The first-order chi connectivity index (χ1) is 8.04. The standard InChI is InChI=1S/C11H14ClN3O2/c1-3-15(8(2)16)11(17)14-7-10-5-4-9(12)6-13-10/h4-6H,3,7H2,1-2H3,(H,14,17). The second-order valence-electron chi connectivity index (χ2n) is 3.39. The predicted octanol–water partition coefficient (Wildman–Crippen LogP) is 1.81. The van der Waals surface area contributed by atoms with Gasteiger partial charge in [0, 0.05) is 19.7 Å². The number of carbonyl (C=O) groups is 2. The molecule has 1 rings (SSSR count). The number of hydrogen-bond acceptors (Lipinski definition) is 3. The quantitative estimate of drug-likeness (QED) is 0.896. The van der Waals surface area contributed by atoms with E-state index in [1.807, 2.05) is 0 Å². The third-order valence-corrected chi connectivity index (χ3v) is 2.37. The van der Waals surface area contributed by atoms with E-state index < -0.39 is 6.03 Å². The Kier molecular flexibility index (Phi) is 4.90. The van der Waals surface area contributed by atoms with Gasteiger partial charge in [0.05, 0.1) is 17.3 Å². The molecule has 5 nitrogen and oxygen atoms in total. The summed E-state index contributed by atoms with van der Waals surface area (Å²) in [5.41, 5.74) is 0.683. The highest BCUT2D eigenvalue weighted by Crippen LogP contribution is 2.05. The van der Waals surface area contributed by atoms with Gasteiger partial charge < -0.3 is 5.32 Å². The highest BCUT2D eigenvalue weighted by Gasteiger charge is 2.14. The van der Waals surface area contributed by atoms with Crippen molar-refractivity contribution in [1.82, 2.24) is 15.2 Å². The van der Waals surface area contributed by atoms with Crippen molar-refractivity contribution in [1.29, 1.82) is 0 Å². The van der Waals surface area contributed by atoms with Crippen LogP contribution in [0.5, 0.6) is 0 Å². The molecule has 0 aromatic carbocycles. The Labute approximate surface area is 105 Å². The van der Waals surface area contributed by atoms with Crippen molar-refractivity contribution in [2.75, 3.05) is 6.54 Å². The Balaban J connectivity index is 2.53. The summed E-state index contributed by atoms with van der Waals surface area (Å²) in [5.74, 6) is -0.283. The van der Waals surface area contributed by atoms with Gasteiger partial charge in [0.1, 0.15) is 0 Å². The number of rotatable bonds is 3. The van der Waals surface area contributed by atoms with E-state index in [9.17, 15) is 9.59 Å². The van der Waals surface area contributed by atoms with Crippen molar-refractivity contribution >= 4 is 23.5 Å². The SMILES string of the molecule is CCN(C(C)=O)C(=O)NCc1ccc(Cl)cn1. The van der Waals surface area contributed by atoms with E-state index in [1.54, 1.807) is 19.1 Å². The monoisotopic (exact) mass is 255 g/mol. The summed E-state index contributed by atoms with van der Waals surface area (Å²) in [5, 5.41) is 3.15. The minimum absolute atomic E-state index is 0.264. The van der Waals surface area contributed by atoms with E-state index >= 15 is 0 Å². The number of aromatic nitrogens is 1. The number of amides is 3. The topological polar surface area (TPSA) is 62.3 Å². The van der Waals surface area contributed by atoms with Gasteiger partial charge in [-0.15, -0.1) is 0 Å². The molecule has 0 fully saturated rings. The molecule has 0 saturated carbocycles. The summed E-state index contributed by atoms with van der Waals surface area (Å²) < 4.78 is 0. The molecule has 92 valence electrons. The van der Waals surface area contributed by atoms with Crippen LogP contribution in [0.4, 0.5) is 4.79 Å². The van der Waals surface area contributed by atoms with Gasteiger partial charge in [-0.3, -0.25) is 14.7 Å². The predicted molar refractivity (Wildman–Crippen MR) is 64.5 cm³/mol. The zero-order valence-electron chi connectivity index (χ0n) is 9.74. The Morgan fingerprint density at radius 2 is 2.18 bits per heavy atom. The third kappa shape index (κ3) is 4.03. The Bertz CT molecular complexity index is 406. The van der Waals surface area contributed by atoms with Gasteiger partial charge >= 0.3 is 6.03 Å². The first-order valence-electron chi connectivity index (χ1n) is 5.21. The maximum absolute atomic E-state index is 11.6. The van der Waals surface area contributed by atoms with Gasteiger partial charge in [0.2, 0.25) is 5.91 Å². The highest BCUT2D eigenvalue weighted by molar-refractivity contribution is 6.30. The van der Waals surface area contributed by atoms with Crippen molar-refractivity contribution in [3.8, 4) is 0 Å². The molecular weight excluding hydrogens is 242 g/mol. The summed E-state index contributed by atoms with van der Waals surface area (Å²) in [6.07, 6.45) is 1.51. The average molecular weight is 256 g/mol. The number of imide groups is 1. The van der Waals surface area contributed by atoms with E-state index in [0.29, 0.717) is 17.3 Å². The fourth-order valence-electron chi connectivity index (χ4n) is 1.28. The average Bonchev–Trinajstić information content (AvgIpc) is 2.28. The smallest absolute Gasteiger partial charge is 0.324 e. The molecule has 17 heavy (non-hydrogen) atoms. The molecule has 0 aliphatic carbocycles. The summed E-state index contributed by atoms with van der Waals surface area (Å²) in [4.78, 5) is 27.9. The third-order valence-electron chi connectivity index (χ3n) is 2.15. The van der Waals surface area contributed by atoms with Crippen molar-refractivity contribution in [3.63, 3.8) is 0 Å². The fraction of sp³-hybridized carbons (Fsp3) is 0.364. The van der Waals surface area contributed by atoms with Crippen LogP contribution in [-0.4, -0.2) is 28.4 Å². The maximum Gasteiger partial charge on any atom is 0.324 e. The summed E-state index contributed by atoms with van der Waals surface area (Å²) in [6, 6.07) is 2.99. The molecule has 0 unspecified atom stereocenters. The lowest BCUT2D eigenvalue weighted by Crippen LogP contribution is -2.42. The Hall–Kier alpha value is -1.62. The molecular formula is C11H14ClN3O2. The minimum atomic E-state index is -0.420. The van der Waals surface area contributed by atoms with Crippen molar-refractivity contribution < 1.29 is 9.59 Å². The molecule has 1 N–H and O–H groups in total. The number of urea groups is 1. The van der Waals surface area contributed by atoms with Crippen LogP contribution in [0.1, 0.15) is 19.5 Å². The molecule has 0 bridgehead atoms. The molecule has 1 heterocycles. The van der Waals surface area contributed by atoms with Crippen LogP contribution >= 0.6 is 11.6 Å². The van der Waals surface area contributed by atoms with E-state index in [2.05, 4.69) is 10.3 Å². The Morgan fingerprint density at radius 3 is 2.65 bits per heavy atom. The minimum Gasteiger partial charge on any atom is -0.332 e. The second-order valence-corrected chi connectivity index (χ2v) is 3.83. The van der Waals surface area contributed by atoms with Gasteiger partial charge in [-0.25, -0.2) is 4.79 Å². The maximum atomic E-state index is 11.6. The number of halogens is 1. The molecule has 3 amide bonds. The van der Waals surface area contributed by atoms with Crippen LogP contribution in [0.15, 0.2) is 18.3 Å². The second kappa shape index (κ2) is 6.20. The lowest BCUT2D eigenvalue weighted by atomic mass is 10.3. The molecule has 0 spiro atoms. The molecule has 0 saturated heterocycles. The molecule has 0 atom stereocenters. The van der Waals surface area contributed by atoms with Crippen molar-refractivity contribution in [2.45, 2.75) is 20.4 Å². The van der Waals surface area contributed by atoms with E-state index in [4.69, 9.17) is 11.6 Å². The van der Waals surface area contributed by atoms with Crippen LogP contribution in [0.3, 0.4) is 0 Å². The molecule has 0 aliphatic heterocycles. The van der Waals surface area contributed by atoms with Crippen LogP contribution in [0.2, 0.25) is 5.02 Å². The van der Waals surface area contributed by atoms with Crippen LogP contribution in [0, 0.1) is 0 Å². The van der Waals surface area contributed by atoms with E-state index in [0.717, 1.165) is 4.90 Å². The van der Waals surface area contributed by atoms with Crippen LogP contribution in [-0.2, 0) is 11.3 Å². The summed E-state index contributed by atoms with van der Waals surface area (Å²) in [6.45, 7) is 3.69. The number of nitrogens with one attached hydrogen (secondary N) is 1. The zero-order valence-corrected chi connectivity index (χ0v) is 10.5. The van der Waals surface area contributed by atoms with Crippen molar-refractivity contribution in [3.05, 3.63) is 29.0 Å². The normalized spacial score (nSPS) is 9.82. The zero-order chi connectivity index (χ0) is 12.8. The number of hydrogen-bond donors (Lipinski definition) is 1. The molecule has 0 radical (unpaired) electrons. The highest BCUT2D eigenvalue weighted by atomic mass is 35.5. The van der Waals surface area contributed by atoms with E-state index in [1.165, 1.54) is 13.1 Å². The first kappa shape index (κ1) is 13.4. The van der Waals surface area contributed by atoms with Gasteiger partial charge in [0.25, 0.3) is 0 Å². The van der Waals surface area contributed by atoms with Crippen molar-refractivity contribution in [2.24, 2.45) is 0 Å². The lowest BCUT2D eigenvalue weighted by molar-refractivity contribution is -0.125. The Morgan fingerprint density at radius 1 is 1.47 bits per heavy atom. The number of nitrogens with zero attached hydrogens (tertiary/aromatic N) is 2.